The van der Waals surface area contributed by atoms with Crippen LogP contribution in [-0.2, 0) is 4.84 Å². The second-order valence-corrected chi connectivity index (χ2v) is 6.59. The Morgan fingerprint density at radius 1 is 1.21 bits per heavy atom. The van der Waals surface area contributed by atoms with Crippen LogP contribution >= 0.6 is 11.6 Å². The van der Waals surface area contributed by atoms with Crippen LogP contribution < -0.4 is 22.0 Å². The number of fused-ring (bicyclic) bond motifs is 1. The second kappa shape index (κ2) is 10.1. The third-order valence-corrected chi connectivity index (χ3v) is 4.52. The number of carbonyl (C=O) groups excluding carboxylic acids is 1. The molecule has 5 N–H and O–H groups in total. The van der Waals surface area contributed by atoms with Crippen LogP contribution in [0, 0.1) is 0 Å². The van der Waals surface area contributed by atoms with E-state index < -0.39 is 0 Å². The number of anilines is 2. The van der Waals surface area contributed by atoms with Crippen molar-refractivity contribution in [1.82, 2.24) is 10.5 Å². The van der Waals surface area contributed by atoms with E-state index in [1.54, 1.807) is 25.2 Å². The lowest BCUT2D eigenvalue weighted by Crippen LogP contribution is -2.34. The summed E-state index contributed by atoms with van der Waals surface area (Å²) >= 11 is 6.00. The normalized spacial score (nSPS) is 15.2. The number of aldehydes is 1. The summed E-state index contributed by atoms with van der Waals surface area (Å²) < 4.78 is 0. The lowest BCUT2D eigenvalue weighted by molar-refractivity contribution is 0.112. The van der Waals surface area contributed by atoms with Crippen LogP contribution in [0.4, 0.5) is 11.4 Å². The fourth-order valence-corrected chi connectivity index (χ4v) is 3.09. The molecule has 2 aromatic carbocycles. The first-order valence-corrected chi connectivity index (χ1v) is 9.11. The van der Waals surface area contributed by atoms with Crippen molar-refractivity contribution in [2.45, 2.75) is 6.92 Å². The number of nitrogens with two attached hydrogens (primary N) is 2. The van der Waals surface area contributed by atoms with Crippen molar-refractivity contribution in [1.29, 1.82) is 0 Å². The topological polar surface area (TPSA) is 96.9 Å². The Hall–Kier alpha value is -2.58. The Morgan fingerprint density at radius 2 is 1.86 bits per heavy atom. The molecule has 2 aromatic rings. The third kappa shape index (κ3) is 5.02. The second-order valence-electron chi connectivity index (χ2n) is 6.16. The fraction of sp³-hybridized carbons (Fsp3) is 0.250. The first-order valence-electron chi connectivity index (χ1n) is 8.74. The molecular weight excluding hydrogens is 378 g/mol. The van der Waals surface area contributed by atoms with Gasteiger partial charge in [-0.2, -0.15) is 0 Å². The predicted octanol–water partition coefficient (Wildman–Crippen LogP) is 2.89. The van der Waals surface area contributed by atoms with Crippen LogP contribution in [0.3, 0.4) is 0 Å². The smallest absolute Gasteiger partial charge is 0.150 e. The highest BCUT2D eigenvalue weighted by Gasteiger charge is 2.24. The van der Waals surface area contributed by atoms with Gasteiger partial charge in [0.25, 0.3) is 0 Å². The van der Waals surface area contributed by atoms with Crippen LogP contribution in [-0.4, -0.2) is 38.5 Å². The number of nitrogens with zero attached hydrogens (tertiary/aromatic N) is 2. The summed E-state index contributed by atoms with van der Waals surface area (Å²) in [6, 6.07) is 13.1. The van der Waals surface area contributed by atoms with Crippen molar-refractivity contribution in [3.8, 4) is 0 Å². The average Bonchev–Trinajstić information content (AvgIpc) is 2.84. The molecule has 1 aliphatic rings. The van der Waals surface area contributed by atoms with Gasteiger partial charge in [0.2, 0.25) is 0 Å². The number of rotatable bonds is 3. The number of hydrazine groups is 1. The van der Waals surface area contributed by atoms with Gasteiger partial charge in [0.05, 0.1) is 25.0 Å². The molecule has 3 rings (SSSR count). The molecule has 7 nitrogen and oxygen atoms in total. The highest BCUT2D eigenvalue weighted by molar-refractivity contribution is 6.30. The van der Waals surface area contributed by atoms with Gasteiger partial charge >= 0.3 is 0 Å². The summed E-state index contributed by atoms with van der Waals surface area (Å²) in [4.78, 5) is 17.6. The molecule has 1 heterocycles. The maximum atomic E-state index is 11.2. The molecule has 0 aromatic heterocycles. The lowest BCUT2D eigenvalue weighted by atomic mass is 10.0. The average molecular weight is 404 g/mol. The molecule has 0 radical (unpaired) electrons. The predicted molar refractivity (Wildman–Crippen MR) is 114 cm³/mol. The maximum Gasteiger partial charge on any atom is 0.150 e. The molecule has 8 heteroatoms. The molecule has 0 aliphatic carbocycles. The molecule has 150 valence electrons. The van der Waals surface area contributed by atoms with Gasteiger partial charge in [0, 0.05) is 41.1 Å². The van der Waals surface area contributed by atoms with E-state index in [0.717, 1.165) is 28.9 Å². The van der Waals surface area contributed by atoms with Gasteiger partial charge < -0.3 is 20.5 Å². The van der Waals surface area contributed by atoms with E-state index >= 15 is 0 Å². The number of carbonyl (C=O) groups is 1. The Morgan fingerprint density at radius 3 is 2.39 bits per heavy atom. The molecular formula is C20H26ClN5O2. The summed E-state index contributed by atoms with van der Waals surface area (Å²) in [5, 5.41) is 2.33. The number of halogens is 1. The van der Waals surface area contributed by atoms with Crippen molar-refractivity contribution >= 4 is 35.0 Å². The zero-order valence-corrected chi connectivity index (χ0v) is 17.0. The molecule has 0 saturated heterocycles. The van der Waals surface area contributed by atoms with Gasteiger partial charge in [-0.3, -0.25) is 4.79 Å². The number of nitrogens with one attached hydrogen (secondary N) is 1. The van der Waals surface area contributed by atoms with Gasteiger partial charge in [0.1, 0.15) is 6.29 Å². The molecule has 0 amide bonds. The SMILES string of the molecule is C/C(N)=C1\c2ccc(C=O)cc2N(c2ccc(Cl)cc2)CCN1N.CNOC. The van der Waals surface area contributed by atoms with E-state index in [2.05, 4.69) is 15.2 Å². The maximum absolute atomic E-state index is 11.2. The van der Waals surface area contributed by atoms with Gasteiger partial charge in [-0.05, 0) is 43.3 Å². The third-order valence-electron chi connectivity index (χ3n) is 4.27. The number of benzene rings is 2. The fourth-order valence-electron chi connectivity index (χ4n) is 2.97. The summed E-state index contributed by atoms with van der Waals surface area (Å²) in [6.45, 7) is 3.08. The van der Waals surface area contributed by atoms with E-state index in [1.165, 1.54) is 0 Å². The first kappa shape index (κ1) is 21.7. The van der Waals surface area contributed by atoms with Crippen molar-refractivity contribution < 1.29 is 9.63 Å². The quantitative estimate of drug-likeness (QED) is 0.412. The standard InChI is InChI=1S/C18H19ClN4O.C2H7NO/c1-12(20)18-16-7-2-13(11-24)10-17(16)22(8-9-23(18)21)15-5-3-14(19)4-6-15;1-3-4-2/h2-7,10-11H,8-9,20-21H2,1H3;3H,1-2H3/b18-12-;. The van der Waals surface area contributed by atoms with Crippen LogP contribution in [0.25, 0.3) is 5.70 Å². The van der Waals surface area contributed by atoms with Gasteiger partial charge in [-0.25, -0.2) is 11.3 Å². The minimum Gasteiger partial charge on any atom is -0.401 e. The Kier molecular flexibility index (Phi) is 7.83. The summed E-state index contributed by atoms with van der Waals surface area (Å²) in [5.74, 6) is 6.21. The molecule has 0 bridgehead atoms. The zero-order valence-electron chi connectivity index (χ0n) is 16.3. The Balaban J connectivity index is 0.000000640. The van der Waals surface area contributed by atoms with Gasteiger partial charge in [-0.15, -0.1) is 0 Å². The lowest BCUT2D eigenvalue weighted by Gasteiger charge is -2.25. The van der Waals surface area contributed by atoms with Gasteiger partial charge in [0.15, 0.2) is 0 Å². The molecule has 28 heavy (non-hydrogen) atoms. The van der Waals surface area contributed by atoms with Gasteiger partial charge in [-0.1, -0.05) is 17.7 Å². The van der Waals surface area contributed by atoms with Crippen LogP contribution in [0.15, 0.2) is 48.2 Å². The van der Waals surface area contributed by atoms with E-state index in [4.69, 9.17) is 23.2 Å². The van der Waals surface area contributed by atoms with E-state index in [1.807, 2.05) is 43.3 Å². The highest BCUT2D eigenvalue weighted by Crippen LogP contribution is 2.37. The molecule has 1 aliphatic heterocycles. The van der Waals surface area contributed by atoms with E-state index in [9.17, 15) is 4.79 Å². The zero-order chi connectivity index (χ0) is 20.7. The van der Waals surface area contributed by atoms with Crippen LogP contribution in [0.5, 0.6) is 0 Å². The van der Waals surface area contributed by atoms with Crippen molar-refractivity contribution in [2.75, 3.05) is 32.1 Å². The molecule has 0 atom stereocenters. The Labute approximate surface area is 170 Å². The minimum atomic E-state index is 0.595. The van der Waals surface area contributed by atoms with E-state index in [-0.39, 0.29) is 0 Å². The number of hydrogen-bond donors (Lipinski definition) is 3. The molecule has 0 unspecified atom stereocenters. The number of hydrogen-bond acceptors (Lipinski definition) is 7. The number of hydroxylamine groups is 1. The Bertz CT molecular complexity index is 833. The largest absolute Gasteiger partial charge is 0.401 e. The molecule has 0 spiro atoms. The first-order chi connectivity index (χ1) is 13.4. The van der Waals surface area contributed by atoms with Crippen LogP contribution in [0.2, 0.25) is 5.02 Å². The van der Waals surface area contributed by atoms with Crippen molar-refractivity contribution in [3.63, 3.8) is 0 Å². The summed E-state index contributed by atoms with van der Waals surface area (Å²) in [5.41, 5.74) is 13.3. The van der Waals surface area contributed by atoms with Crippen molar-refractivity contribution in [2.24, 2.45) is 11.6 Å². The number of allylic oxidation sites excluding steroid dienone is 1. The highest BCUT2D eigenvalue weighted by atomic mass is 35.5. The molecule has 0 saturated carbocycles. The molecule has 0 fully saturated rings. The minimum absolute atomic E-state index is 0.595. The summed E-state index contributed by atoms with van der Waals surface area (Å²) in [7, 11) is 3.28. The van der Waals surface area contributed by atoms with Crippen LogP contribution in [0.1, 0.15) is 22.8 Å². The van der Waals surface area contributed by atoms with Crippen molar-refractivity contribution in [3.05, 3.63) is 64.3 Å². The van der Waals surface area contributed by atoms with E-state index in [0.29, 0.717) is 29.4 Å². The monoisotopic (exact) mass is 403 g/mol. The summed E-state index contributed by atoms with van der Waals surface area (Å²) in [6.07, 6.45) is 0.837.